The number of hydrogen-bond acceptors (Lipinski definition) is 4. The first-order valence-corrected chi connectivity index (χ1v) is 11.9. The molecule has 1 aliphatic heterocycles. The van der Waals surface area contributed by atoms with Crippen LogP contribution in [-0.4, -0.2) is 24.9 Å². The monoisotopic (exact) mass is 461 g/mol. The van der Waals surface area contributed by atoms with Crippen molar-refractivity contribution in [1.29, 1.82) is 0 Å². The van der Waals surface area contributed by atoms with Gasteiger partial charge in [-0.15, -0.1) is 0 Å². The Kier molecular flexibility index (Phi) is 6.06. The third-order valence-corrected chi connectivity index (χ3v) is 6.42. The Hall–Kier alpha value is -4.38. The van der Waals surface area contributed by atoms with Crippen LogP contribution in [0.15, 0.2) is 103 Å². The average molecular weight is 462 g/mol. The van der Waals surface area contributed by atoms with Gasteiger partial charge in [-0.1, -0.05) is 66.7 Å². The van der Waals surface area contributed by atoms with Crippen LogP contribution >= 0.6 is 0 Å². The van der Waals surface area contributed by atoms with Crippen LogP contribution in [0.1, 0.15) is 19.4 Å². The SMILES string of the molecule is CCN(CC)c1ccc(NC2=C(c3ccccc3)C(=O)N(c3cccc4ccccc34)C2=O)cc1. The van der Waals surface area contributed by atoms with Crippen LogP contribution in [0.25, 0.3) is 16.3 Å². The lowest BCUT2D eigenvalue weighted by Crippen LogP contribution is -2.32. The highest BCUT2D eigenvalue weighted by molar-refractivity contribution is 6.47. The van der Waals surface area contributed by atoms with Gasteiger partial charge < -0.3 is 10.2 Å². The summed E-state index contributed by atoms with van der Waals surface area (Å²) < 4.78 is 0. The van der Waals surface area contributed by atoms with Crippen molar-refractivity contribution in [2.24, 2.45) is 0 Å². The first-order chi connectivity index (χ1) is 17.1. The van der Waals surface area contributed by atoms with Crippen molar-refractivity contribution in [2.75, 3.05) is 28.2 Å². The highest BCUT2D eigenvalue weighted by Crippen LogP contribution is 2.37. The zero-order chi connectivity index (χ0) is 24.4. The maximum absolute atomic E-state index is 13.8. The van der Waals surface area contributed by atoms with Crippen LogP contribution in [-0.2, 0) is 9.59 Å². The summed E-state index contributed by atoms with van der Waals surface area (Å²) >= 11 is 0. The van der Waals surface area contributed by atoms with Crippen LogP contribution in [0, 0.1) is 0 Å². The molecule has 4 aromatic carbocycles. The van der Waals surface area contributed by atoms with Crippen molar-refractivity contribution < 1.29 is 9.59 Å². The number of nitrogens with zero attached hydrogens (tertiary/aromatic N) is 2. The van der Waals surface area contributed by atoms with Crippen LogP contribution in [0.4, 0.5) is 17.1 Å². The van der Waals surface area contributed by atoms with E-state index in [1.165, 1.54) is 4.90 Å². The molecule has 0 unspecified atom stereocenters. The van der Waals surface area contributed by atoms with Crippen LogP contribution < -0.4 is 15.1 Å². The molecule has 0 aliphatic carbocycles. The number of carbonyl (C=O) groups excluding carboxylic acids is 2. The Bertz CT molecular complexity index is 1420. The minimum absolute atomic E-state index is 0.282. The lowest BCUT2D eigenvalue weighted by Gasteiger charge is -2.21. The minimum Gasteiger partial charge on any atom is -0.372 e. The third-order valence-electron chi connectivity index (χ3n) is 6.42. The Morgan fingerprint density at radius 2 is 1.37 bits per heavy atom. The molecule has 0 aromatic heterocycles. The van der Waals surface area contributed by atoms with E-state index in [-0.39, 0.29) is 17.5 Å². The fourth-order valence-corrected chi connectivity index (χ4v) is 4.63. The molecule has 174 valence electrons. The largest absolute Gasteiger partial charge is 0.372 e. The first-order valence-electron chi connectivity index (χ1n) is 11.9. The number of carbonyl (C=O) groups is 2. The van der Waals surface area contributed by atoms with E-state index in [0.717, 1.165) is 35.2 Å². The summed E-state index contributed by atoms with van der Waals surface area (Å²) in [5, 5.41) is 5.10. The van der Waals surface area contributed by atoms with E-state index in [4.69, 9.17) is 0 Å². The van der Waals surface area contributed by atoms with Crippen LogP contribution in [0.5, 0.6) is 0 Å². The maximum atomic E-state index is 13.8. The maximum Gasteiger partial charge on any atom is 0.282 e. The van der Waals surface area contributed by atoms with Crippen LogP contribution in [0.2, 0.25) is 0 Å². The van der Waals surface area contributed by atoms with E-state index in [0.29, 0.717) is 16.8 Å². The number of amides is 2. The summed E-state index contributed by atoms with van der Waals surface area (Å²) in [6.45, 7) is 6.08. The second kappa shape index (κ2) is 9.47. The molecule has 5 rings (SSSR count). The van der Waals surface area contributed by atoms with Crippen molar-refractivity contribution >= 4 is 45.2 Å². The number of benzene rings is 4. The minimum atomic E-state index is -0.363. The molecule has 1 aliphatic rings. The summed E-state index contributed by atoms with van der Waals surface area (Å²) in [6.07, 6.45) is 0. The second-order valence-electron chi connectivity index (χ2n) is 8.40. The van der Waals surface area contributed by atoms with Gasteiger partial charge in [0, 0.05) is 29.9 Å². The van der Waals surface area contributed by atoms with E-state index in [2.05, 4.69) is 24.1 Å². The zero-order valence-electron chi connectivity index (χ0n) is 19.9. The first kappa shape index (κ1) is 22.4. The molecule has 5 heteroatoms. The fraction of sp³-hybridized carbons (Fsp3) is 0.133. The summed E-state index contributed by atoms with van der Waals surface area (Å²) in [7, 11) is 0. The summed E-state index contributed by atoms with van der Waals surface area (Å²) in [4.78, 5) is 31.1. The summed E-state index contributed by atoms with van der Waals surface area (Å²) in [5.41, 5.74) is 3.81. The number of hydrogen-bond donors (Lipinski definition) is 1. The van der Waals surface area contributed by atoms with Gasteiger partial charge in [-0.25, -0.2) is 4.90 Å². The van der Waals surface area contributed by atoms with Gasteiger partial charge >= 0.3 is 0 Å². The van der Waals surface area contributed by atoms with Crippen molar-refractivity contribution in [2.45, 2.75) is 13.8 Å². The van der Waals surface area contributed by atoms with Gasteiger partial charge in [0.2, 0.25) is 0 Å². The molecule has 5 nitrogen and oxygen atoms in total. The predicted molar refractivity (Wildman–Crippen MR) is 143 cm³/mol. The van der Waals surface area contributed by atoms with Crippen molar-refractivity contribution in [1.82, 2.24) is 0 Å². The fourth-order valence-electron chi connectivity index (χ4n) is 4.63. The second-order valence-corrected chi connectivity index (χ2v) is 8.40. The smallest absolute Gasteiger partial charge is 0.282 e. The lowest BCUT2D eigenvalue weighted by atomic mass is 10.0. The van der Waals surface area contributed by atoms with Crippen LogP contribution in [0.3, 0.4) is 0 Å². The van der Waals surface area contributed by atoms with E-state index < -0.39 is 0 Å². The highest BCUT2D eigenvalue weighted by Gasteiger charge is 2.40. The highest BCUT2D eigenvalue weighted by atomic mass is 16.2. The van der Waals surface area contributed by atoms with E-state index >= 15 is 0 Å². The quantitative estimate of drug-likeness (QED) is 0.339. The molecule has 35 heavy (non-hydrogen) atoms. The van der Waals surface area contributed by atoms with Gasteiger partial charge in [0.1, 0.15) is 5.70 Å². The van der Waals surface area contributed by atoms with Gasteiger partial charge in [-0.05, 0) is 55.1 Å². The Morgan fingerprint density at radius 3 is 2.09 bits per heavy atom. The molecule has 2 amide bonds. The molecular formula is C30H27N3O2. The molecule has 4 aromatic rings. The Labute approximate surface area is 205 Å². The third kappa shape index (κ3) is 4.06. The number of anilines is 3. The molecule has 0 spiro atoms. The topological polar surface area (TPSA) is 52.7 Å². The predicted octanol–water partition coefficient (Wildman–Crippen LogP) is 6.08. The van der Waals surface area contributed by atoms with Gasteiger partial charge in [-0.3, -0.25) is 9.59 Å². The molecule has 1 N–H and O–H groups in total. The molecular weight excluding hydrogens is 434 g/mol. The number of rotatable bonds is 7. The summed E-state index contributed by atoms with van der Waals surface area (Å²) in [5.74, 6) is -0.696. The number of nitrogens with one attached hydrogen (secondary N) is 1. The Morgan fingerprint density at radius 1 is 0.714 bits per heavy atom. The lowest BCUT2D eigenvalue weighted by molar-refractivity contribution is -0.120. The summed E-state index contributed by atoms with van der Waals surface area (Å²) in [6, 6.07) is 30.8. The van der Waals surface area contributed by atoms with Gasteiger partial charge in [-0.2, -0.15) is 0 Å². The van der Waals surface area contributed by atoms with Crippen molar-refractivity contribution in [3.63, 3.8) is 0 Å². The average Bonchev–Trinajstić information content (AvgIpc) is 3.14. The van der Waals surface area contributed by atoms with E-state index in [1.807, 2.05) is 97.1 Å². The Balaban J connectivity index is 1.57. The molecule has 0 saturated carbocycles. The zero-order valence-corrected chi connectivity index (χ0v) is 19.9. The normalized spacial score (nSPS) is 13.6. The van der Waals surface area contributed by atoms with E-state index in [9.17, 15) is 9.59 Å². The van der Waals surface area contributed by atoms with Crippen molar-refractivity contribution in [3.8, 4) is 0 Å². The molecule has 0 saturated heterocycles. The van der Waals surface area contributed by atoms with Crippen molar-refractivity contribution in [3.05, 3.63) is 108 Å². The van der Waals surface area contributed by atoms with Gasteiger partial charge in [0.05, 0.1) is 11.3 Å². The van der Waals surface area contributed by atoms with E-state index in [1.54, 1.807) is 0 Å². The number of imide groups is 1. The molecule has 0 bridgehead atoms. The number of fused-ring (bicyclic) bond motifs is 1. The molecule has 0 atom stereocenters. The molecule has 1 heterocycles. The molecule has 0 fully saturated rings. The van der Waals surface area contributed by atoms with Gasteiger partial charge in [0.15, 0.2) is 0 Å². The standard InChI is InChI=1S/C30H27N3O2/c1-3-32(4-2)24-19-17-23(18-20-24)31-28-27(22-12-6-5-7-13-22)29(34)33(30(28)35)26-16-10-14-21-11-8-9-15-25(21)26/h5-20,31H,3-4H2,1-2H3. The molecule has 0 radical (unpaired) electrons. The van der Waals surface area contributed by atoms with Gasteiger partial charge in [0.25, 0.3) is 11.8 Å².